The quantitative estimate of drug-likeness (QED) is 0.835. The van der Waals surface area contributed by atoms with Crippen LogP contribution in [0.25, 0.3) is 0 Å². The first-order chi connectivity index (χ1) is 8.70. The molecule has 0 spiro atoms. The van der Waals surface area contributed by atoms with Gasteiger partial charge in [0.1, 0.15) is 0 Å². The predicted octanol–water partition coefficient (Wildman–Crippen LogP) is 1.78. The Kier molecular flexibility index (Phi) is 4.33. The lowest BCUT2D eigenvalue weighted by Crippen LogP contribution is -2.50. The Morgan fingerprint density at radius 1 is 1.44 bits per heavy atom. The van der Waals surface area contributed by atoms with Crippen molar-refractivity contribution in [2.24, 2.45) is 5.92 Å². The normalized spacial score (nSPS) is 18.3. The highest BCUT2D eigenvalue weighted by Gasteiger charge is 2.34. The van der Waals surface area contributed by atoms with E-state index in [2.05, 4.69) is 17.0 Å². The van der Waals surface area contributed by atoms with Crippen LogP contribution in [0.5, 0.6) is 0 Å². The number of carbonyl (C=O) groups is 1. The number of carboxylic acids is 1. The van der Waals surface area contributed by atoms with Crippen LogP contribution in [0.1, 0.15) is 18.0 Å². The maximum Gasteiger partial charge on any atom is 0.303 e. The van der Waals surface area contributed by atoms with Crippen molar-refractivity contribution in [3.05, 3.63) is 35.9 Å². The van der Waals surface area contributed by atoms with Gasteiger partial charge >= 0.3 is 5.97 Å². The first-order valence-corrected chi connectivity index (χ1v) is 6.20. The second-order valence-corrected chi connectivity index (χ2v) is 4.80. The molecule has 1 atom stereocenters. The molecule has 1 aliphatic heterocycles. The molecule has 1 N–H and O–H groups in total. The zero-order valence-corrected chi connectivity index (χ0v) is 10.6. The van der Waals surface area contributed by atoms with Crippen molar-refractivity contribution in [1.29, 1.82) is 0 Å². The summed E-state index contributed by atoms with van der Waals surface area (Å²) in [4.78, 5) is 12.9. The molecule has 2 rings (SSSR count). The summed E-state index contributed by atoms with van der Waals surface area (Å²) in [6.07, 6.45) is 0.269. The molecule has 1 fully saturated rings. The van der Waals surface area contributed by atoms with Crippen LogP contribution in [-0.4, -0.2) is 42.8 Å². The van der Waals surface area contributed by atoms with Crippen molar-refractivity contribution in [3.63, 3.8) is 0 Å². The Balaban J connectivity index is 1.95. The van der Waals surface area contributed by atoms with Gasteiger partial charge in [-0.15, -0.1) is 0 Å². The number of hydrogen-bond acceptors (Lipinski definition) is 3. The van der Waals surface area contributed by atoms with Crippen molar-refractivity contribution in [2.75, 3.05) is 26.8 Å². The lowest BCUT2D eigenvalue weighted by Gasteiger charge is -2.44. The van der Waals surface area contributed by atoms with Crippen molar-refractivity contribution in [1.82, 2.24) is 4.90 Å². The van der Waals surface area contributed by atoms with Crippen molar-refractivity contribution in [2.45, 2.75) is 12.5 Å². The summed E-state index contributed by atoms with van der Waals surface area (Å²) in [5.41, 5.74) is 1.23. The highest BCUT2D eigenvalue weighted by molar-refractivity contribution is 5.67. The Hall–Kier alpha value is -1.39. The van der Waals surface area contributed by atoms with Crippen molar-refractivity contribution >= 4 is 5.97 Å². The largest absolute Gasteiger partial charge is 0.481 e. The molecule has 0 saturated carbocycles. The summed E-state index contributed by atoms with van der Waals surface area (Å²) in [5, 5.41) is 8.75. The first kappa shape index (κ1) is 13.1. The first-order valence-electron chi connectivity index (χ1n) is 6.20. The van der Waals surface area contributed by atoms with Crippen LogP contribution >= 0.6 is 0 Å². The van der Waals surface area contributed by atoms with Crippen LogP contribution in [0, 0.1) is 5.92 Å². The van der Waals surface area contributed by atoms with Gasteiger partial charge in [-0.1, -0.05) is 30.3 Å². The third kappa shape index (κ3) is 3.09. The molecule has 1 aromatic rings. The Bertz CT molecular complexity index is 387. The fourth-order valence-electron chi connectivity index (χ4n) is 2.49. The lowest BCUT2D eigenvalue weighted by molar-refractivity contribution is -0.140. The molecule has 4 nitrogen and oxygen atoms in total. The van der Waals surface area contributed by atoms with E-state index in [1.807, 2.05) is 18.2 Å². The number of rotatable bonds is 6. The molecule has 0 aliphatic carbocycles. The lowest BCUT2D eigenvalue weighted by atomic mass is 9.92. The SMILES string of the molecule is COCC(c1ccccc1)N1CC(CC(=O)O)C1. The summed E-state index contributed by atoms with van der Waals surface area (Å²) in [6.45, 7) is 2.33. The number of methoxy groups -OCH3 is 1. The highest BCUT2D eigenvalue weighted by atomic mass is 16.5. The minimum Gasteiger partial charge on any atom is -0.481 e. The third-order valence-corrected chi connectivity index (χ3v) is 3.40. The Morgan fingerprint density at radius 3 is 2.67 bits per heavy atom. The van der Waals surface area contributed by atoms with E-state index in [1.54, 1.807) is 7.11 Å². The number of ether oxygens (including phenoxy) is 1. The molecule has 0 amide bonds. The van der Waals surface area contributed by atoms with Crippen LogP contribution in [0.4, 0.5) is 0 Å². The molecule has 1 unspecified atom stereocenters. The third-order valence-electron chi connectivity index (χ3n) is 3.40. The number of aliphatic carboxylic acids is 1. The Morgan fingerprint density at radius 2 is 2.11 bits per heavy atom. The summed E-state index contributed by atoms with van der Waals surface area (Å²) in [7, 11) is 1.70. The molecule has 18 heavy (non-hydrogen) atoms. The van der Waals surface area contributed by atoms with Crippen LogP contribution in [0.2, 0.25) is 0 Å². The van der Waals surface area contributed by atoms with Gasteiger partial charge in [-0.05, 0) is 11.5 Å². The van der Waals surface area contributed by atoms with Gasteiger partial charge in [0.05, 0.1) is 19.1 Å². The zero-order chi connectivity index (χ0) is 13.0. The average molecular weight is 249 g/mol. The number of benzene rings is 1. The van der Waals surface area contributed by atoms with Gasteiger partial charge in [0.15, 0.2) is 0 Å². The summed E-state index contributed by atoms with van der Waals surface area (Å²) >= 11 is 0. The monoisotopic (exact) mass is 249 g/mol. The topological polar surface area (TPSA) is 49.8 Å². The van der Waals surface area contributed by atoms with E-state index < -0.39 is 5.97 Å². The number of carboxylic acid groups (broad SMARTS) is 1. The fourth-order valence-corrected chi connectivity index (χ4v) is 2.49. The van der Waals surface area contributed by atoms with Crippen LogP contribution in [0.3, 0.4) is 0 Å². The molecule has 0 aromatic heterocycles. The standard InChI is InChI=1S/C14H19NO3/c1-18-10-13(12-5-3-2-4-6-12)15-8-11(9-15)7-14(16)17/h2-6,11,13H,7-10H2,1H3,(H,16,17). The van der Waals surface area contributed by atoms with Gasteiger partial charge in [-0.2, -0.15) is 0 Å². The molecule has 1 saturated heterocycles. The van der Waals surface area contributed by atoms with Crippen molar-refractivity contribution < 1.29 is 14.6 Å². The van der Waals surface area contributed by atoms with E-state index in [0.29, 0.717) is 6.61 Å². The van der Waals surface area contributed by atoms with Gasteiger partial charge in [0.2, 0.25) is 0 Å². The molecule has 1 aromatic carbocycles. The molecule has 0 radical (unpaired) electrons. The summed E-state index contributed by atoms with van der Waals surface area (Å²) < 4.78 is 5.27. The van der Waals surface area contributed by atoms with E-state index in [9.17, 15) is 4.79 Å². The minimum atomic E-state index is -0.706. The van der Waals surface area contributed by atoms with E-state index in [0.717, 1.165) is 13.1 Å². The molecular formula is C14H19NO3. The van der Waals surface area contributed by atoms with Gasteiger partial charge < -0.3 is 9.84 Å². The molecule has 4 heteroatoms. The molecule has 0 bridgehead atoms. The Labute approximate surface area is 107 Å². The summed E-state index contributed by atoms with van der Waals surface area (Å²) in [6, 6.07) is 10.5. The molecular weight excluding hydrogens is 230 g/mol. The van der Waals surface area contributed by atoms with E-state index in [-0.39, 0.29) is 18.4 Å². The maximum atomic E-state index is 10.6. The van der Waals surface area contributed by atoms with E-state index in [1.165, 1.54) is 5.56 Å². The fraction of sp³-hybridized carbons (Fsp3) is 0.500. The minimum absolute atomic E-state index is 0.237. The average Bonchev–Trinajstić information content (AvgIpc) is 2.32. The highest BCUT2D eigenvalue weighted by Crippen LogP contribution is 2.30. The second-order valence-electron chi connectivity index (χ2n) is 4.80. The summed E-state index contributed by atoms with van der Waals surface area (Å²) in [5.74, 6) is -0.423. The number of likely N-dealkylation sites (tertiary alicyclic amines) is 1. The number of nitrogens with zero attached hydrogens (tertiary/aromatic N) is 1. The van der Waals surface area contributed by atoms with Gasteiger partial charge in [-0.3, -0.25) is 9.69 Å². The number of hydrogen-bond donors (Lipinski definition) is 1. The van der Waals surface area contributed by atoms with Crippen LogP contribution in [0.15, 0.2) is 30.3 Å². The van der Waals surface area contributed by atoms with Crippen LogP contribution in [-0.2, 0) is 9.53 Å². The van der Waals surface area contributed by atoms with Gasteiger partial charge in [-0.25, -0.2) is 0 Å². The van der Waals surface area contributed by atoms with E-state index in [4.69, 9.17) is 9.84 Å². The maximum absolute atomic E-state index is 10.6. The predicted molar refractivity (Wildman–Crippen MR) is 68.4 cm³/mol. The van der Waals surface area contributed by atoms with Crippen molar-refractivity contribution in [3.8, 4) is 0 Å². The van der Waals surface area contributed by atoms with Gasteiger partial charge in [0, 0.05) is 20.2 Å². The van der Waals surface area contributed by atoms with E-state index >= 15 is 0 Å². The second kappa shape index (κ2) is 5.98. The smallest absolute Gasteiger partial charge is 0.303 e. The zero-order valence-electron chi connectivity index (χ0n) is 10.6. The molecule has 1 heterocycles. The molecule has 1 aliphatic rings. The van der Waals surface area contributed by atoms with Crippen LogP contribution < -0.4 is 0 Å². The van der Waals surface area contributed by atoms with Gasteiger partial charge in [0.25, 0.3) is 0 Å². The molecule has 98 valence electrons.